The van der Waals surface area contributed by atoms with E-state index in [0.29, 0.717) is 19.1 Å². The minimum absolute atomic E-state index is 0.0698. The third-order valence-electron chi connectivity index (χ3n) is 3.78. The molecule has 0 saturated carbocycles. The predicted octanol–water partition coefficient (Wildman–Crippen LogP) is 3.54. The van der Waals surface area contributed by atoms with Crippen LogP contribution in [0.5, 0.6) is 0 Å². The van der Waals surface area contributed by atoms with Gasteiger partial charge < -0.3 is 15.8 Å². The van der Waals surface area contributed by atoms with Crippen molar-refractivity contribution in [1.29, 1.82) is 0 Å². The lowest BCUT2D eigenvalue weighted by molar-refractivity contribution is 0.185. The van der Waals surface area contributed by atoms with E-state index in [9.17, 15) is 0 Å². The molecule has 0 saturated heterocycles. The molecule has 0 spiro atoms. The molecule has 2 aromatic carbocycles. The Morgan fingerprint density at radius 1 is 1.09 bits per heavy atom. The lowest BCUT2D eigenvalue weighted by Gasteiger charge is -2.23. The molecule has 0 aliphatic carbocycles. The van der Waals surface area contributed by atoms with Crippen LogP contribution in [0.25, 0.3) is 0 Å². The molecule has 4 heteroatoms. The Hall–Kier alpha value is -2.33. The van der Waals surface area contributed by atoms with Crippen molar-refractivity contribution < 1.29 is 4.74 Å². The smallest absolute Gasteiger partial charge is 0.193 e. The van der Waals surface area contributed by atoms with E-state index >= 15 is 0 Å². The molecule has 23 heavy (non-hydrogen) atoms. The van der Waals surface area contributed by atoms with Crippen molar-refractivity contribution in [3.8, 4) is 0 Å². The maximum Gasteiger partial charge on any atom is 0.193 e. The Morgan fingerprint density at radius 3 is 2.43 bits per heavy atom. The van der Waals surface area contributed by atoms with E-state index in [1.165, 1.54) is 5.56 Å². The highest BCUT2D eigenvalue weighted by atomic mass is 16.5. The average molecular weight is 311 g/mol. The first kappa shape index (κ1) is 17.0. The third kappa shape index (κ3) is 4.83. The Kier molecular flexibility index (Phi) is 5.77. The second kappa shape index (κ2) is 7.79. The zero-order valence-corrected chi connectivity index (χ0v) is 14.0. The molecule has 0 aromatic heterocycles. The largest absolute Gasteiger partial charge is 0.380 e. The van der Waals surface area contributed by atoms with E-state index in [-0.39, 0.29) is 5.41 Å². The second-order valence-electron chi connectivity index (χ2n) is 6.17. The van der Waals surface area contributed by atoms with Gasteiger partial charge in [0.1, 0.15) is 0 Å². The Labute approximate surface area is 138 Å². The van der Waals surface area contributed by atoms with Crippen LogP contribution in [0.15, 0.2) is 59.6 Å². The van der Waals surface area contributed by atoms with E-state index < -0.39 is 0 Å². The van der Waals surface area contributed by atoms with Gasteiger partial charge in [0, 0.05) is 23.8 Å². The Bertz CT molecular complexity index is 651. The summed E-state index contributed by atoms with van der Waals surface area (Å²) in [4.78, 5) is 4.51. The molecule has 2 rings (SSSR count). The van der Waals surface area contributed by atoms with Gasteiger partial charge in [0.05, 0.1) is 13.2 Å². The minimum atomic E-state index is -0.0698. The summed E-state index contributed by atoms with van der Waals surface area (Å²) in [6.45, 7) is 5.48. The molecule has 122 valence electrons. The molecule has 0 fully saturated rings. The zero-order valence-electron chi connectivity index (χ0n) is 14.0. The summed E-state index contributed by atoms with van der Waals surface area (Å²) in [7, 11) is 1.68. The molecule has 0 unspecified atom stereocenters. The predicted molar refractivity (Wildman–Crippen MR) is 96.7 cm³/mol. The SMILES string of the molecule is COCc1ccccc1NC(N)=NCC(C)(C)c1ccccc1. The molecule has 0 amide bonds. The number of nitrogens with one attached hydrogen (secondary N) is 1. The van der Waals surface area contributed by atoms with Crippen molar-refractivity contribution in [2.24, 2.45) is 10.7 Å². The van der Waals surface area contributed by atoms with Gasteiger partial charge in [0.25, 0.3) is 0 Å². The average Bonchev–Trinajstić information content (AvgIpc) is 2.56. The van der Waals surface area contributed by atoms with Gasteiger partial charge in [-0.3, -0.25) is 4.99 Å². The van der Waals surface area contributed by atoms with E-state index in [1.807, 2.05) is 42.5 Å². The number of benzene rings is 2. The van der Waals surface area contributed by atoms with Gasteiger partial charge in [-0.15, -0.1) is 0 Å². The molecule has 0 atom stereocenters. The van der Waals surface area contributed by atoms with Crippen LogP contribution in [-0.2, 0) is 16.8 Å². The van der Waals surface area contributed by atoms with Crippen LogP contribution in [0.4, 0.5) is 5.69 Å². The highest BCUT2D eigenvalue weighted by Crippen LogP contribution is 2.23. The number of methoxy groups -OCH3 is 1. The fraction of sp³-hybridized carbons (Fsp3) is 0.316. The number of aliphatic imine (C=N–C) groups is 1. The third-order valence-corrected chi connectivity index (χ3v) is 3.78. The van der Waals surface area contributed by atoms with Crippen LogP contribution in [0.2, 0.25) is 0 Å². The van der Waals surface area contributed by atoms with Crippen molar-refractivity contribution in [3.05, 3.63) is 65.7 Å². The van der Waals surface area contributed by atoms with E-state index in [1.54, 1.807) is 7.11 Å². The number of nitrogens with two attached hydrogens (primary N) is 1. The topological polar surface area (TPSA) is 59.6 Å². The summed E-state index contributed by atoms with van der Waals surface area (Å²) in [5.74, 6) is 0.414. The van der Waals surface area contributed by atoms with Gasteiger partial charge in [0.2, 0.25) is 0 Å². The van der Waals surface area contributed by atoms with Crippen LogP contribution in [0.3, 0.4) is 0 Å². The van der Waals surface area contributed by atoms with Gasteiger partial charge in [0.15, 0.2) is 5.96 Å². The fourth-order valence-corrected chi connectivity index (χ4v) is 2.36. The molecule has 0 radical (unpaired) electrons. The van der Waals surface area contributed by atoms with Gasteiger partial charge >= 0.3 is 0 Å². The quantitative estimate of drug-likeness (QED) is 0.633. The number of guanidine groups is 1. The summed E-state index contributed by atoms with van der Waals surface area (Å²) in [5, 5.41) is 3.17. The van der Waals surface area contributed by atoms with Gasteiger partial charge in [-0.1, -0.05) is 62.4 Å². The number of para-hydroxylation sites is 1. The lowest BCUT2D eigenvalue weighted by atomic mass is 9.85. The molecule has 0 bridgehead atoms. The highest BCUT2D eigenvalue weighted by Gasteiger charge is 2.19. The van der Waals surface area contributed by atoms with E-state index in [0.717, 1.165) is 11.3 Å². The molecular formula is C19H25N3O. The number of ether oxygens (including phenoxy) is 1. The van der Waals surface area contributed by atoms with E-state index in [4.69, 9.17) is 10.5 Å². The minimum Gasteiger partial charge on any atom is -0.380 e. The van der Waals surface area contributed by atoms with Crippen molar-refractivity contribution in [1.82, 2.24) is 0 Å². The first-order valence-corrected chi connectivity index (χ1v) is 7.72. The molecule has 0 aliphatic heterocycles. The molecule has 0 heterocycles. The molecule has 4 nitrogen and oxygen atoms in total. The first-order valence-electron chi connectivity index (χ1n) is 7.72. The lowest BCUT2D eigenvalue weighted by Crippen LogP contribution is -2.28. The van der Waals surface area contributed by atoms with Crippen molar-refractivity contribution in [2.45, 2.75) is 25.9 Å². The summed E-state index contributed by atoms with van der Waals surface area (Å²) in [6.07, 6.45) is 0. The normalized spacial score (nSPS) is 12.2. The molecule has 3 N–H and O–H groups in total. The number of rotatable bonds is 6. The summed E-state index contributed by atoms with van der Waals surface area (Å²) in [6, 6.07) is 18.3. The van der Waals surface area contributed by atoms with Crippen LogP contribution in [0.1, 0.15) is 25.0 Å². The maximum atomic E-state index is 6.05. The summed E-state index contributed by atoms with van der Waals surface area (Å²) >= 11 is 0. The number of hydrogen-bond donors (Lipinski definition) is 2. The van der Waals surface area contributed by atoms with Gasteiger partial charge in [-0.05, 0) is 11.6 Å². The molecule has 2 aromatic rings. The van der Waals surface area contributed by atoms with Crippen molar-refractivity contribution in [3.63, 3.8) is 0 Å². The Morgan fingerprint density at radius 2 is 1.74 bits per heavy atom. The Balaban J connectivity index is 2.06. The molecule has 0 aliphatic rings. The van der Waals surface area contributed by atoms with Gasteiger partial charge in [-0.2, -0.15) is 0 Å². The van der Waals surface area contributed by atoms with Crippen LogP contribution in [-0.4, -0.2) is 19.6 Å². The standard InChI is InChI=1S/C19H25N3O/c1-19(2,16-10-5-4-6-11-16)14-21-18(20)22-17-12-8-7-9-15(17)13-23-3/h4-12H,13-14H2,1-3H3,(H3,20,21,22). The second-order valence-corrected chi connectivity index (χ2v) is 6.17. The fourth-order valence-electron chi connectivity index (χ4n) is 2.36. The number of hydrogen-bond acceptors (Lipinski definition) is 2. The molecular weight excluding hydrogens is 286 g/mol. The van der Waals surface area contributed by atoms with Crippen molar-refractivity contribution >= 4 is 11.6 Å². The zero-order chi connectivity index (χ0) is 16.7. The first-order chi connectivity index (χ1) is 11.0. The number of anilines is 1. The summed E-state index contributed by atoms with van der Waals surface area (Å²) < 4.78 is 5.20. The maximum absolute atomic E-state index is 6.05. The van der Waals surface area contributed by atoms with Gasteiger partial charge in [-0.25, -0.2) is 0 Å². The van der Waals surface area contributed by atoms with Crippen LogP contribution < -0.4 is 11.1 Å². The highest BCUT2D eigenvalue weighted by molar-refractivity contribution is 5.93. The number of nitrogens with zero attached hydrogens (tertiary/aromatic N) is 1. The monoisotopic (exact) mass is 311 g/mol. The summed E-state index contributed by atoms with van der Waals surface area (Å²) in [5.41, 5.74) is 9.21. The van der Waals surface area contributed by atoms with Crippen molar-refractivity contribution in [2.75, 3.05) is 19.0 Å². The van der Waals surface area contributed by atoms with Crippen LogP contribution >= 0.6 is 0 Å². The van der Waals surface area contributed by atoms with Crippen LogP contribution in [0, 0.1) is 0 Å². The van der Waals surface area contributed by atoms with E-state index in [2.05, 4.69) is 36.3 Å².